The molecule has 0 atom stereocenters. The van der Waals surface area contributed by atoms with Gasteiger partial charge in [0.15, 0.2) is 0 Å². The number of hydrogen-bond donors (Lipinski definition) is 0. The maximum Gasteiger partial charge on any atom is 0.398 e. The third kappa shape index (κ3) is 6.59. The molecule has 0 radical (unpaired) electrons. The zero-order chi connectivity index (χ0) is 20.4. The summed E-state index contributed by atoms with van der Waals surface area (Å²) in [6.07, 6.45) is -3.82. The number of carbonyl (C=O) groups excluding carboxylic acids is 1. The Hall–Kier alpha value is -1.44. The van der Waals surface area contributed by atoms with Crippen LogP contribution in [0.3, 0.4) is 0 Å². The van der Waals surface area contributed by atoms with Crippen molar-refractivity contribution in [3.63, 3.8) is 0 Å². The maximum atomic E-state index is 14.4. The molecular formula is C19H26F4N2OS. The van der Waals surface area contributed by atoms with Gasteiger partial charge in [-0.2, -0.15) is 13.2 Å². The molecule has 0 spiro atoms. The van der Waals surface area contributed by atoms with E-state index in [2.05, 4.69) is 0 Å². The third-order valence-electron chi connectivity index (χ3n) is 4.29. The zero-order valence-corrected chi connectivity index (χ0v) is 16.9. The van der Waals surface area contributed by atoms with E-state index in [-0.39, 0.29) is 11.3 Å². The van der Waals surface area contributed by atoms with Crippen LogP contribution in [0.5, 0.6) is 0 Å². The van der Waals surface area contributed by atoms with Gasteiger partial charge in [-0.15, -0.1) is 11.8 Å². The topological polar surface area (TPSA) is 23.6 Å². The van der Waals surface area contributed by atoms with Crippen LogP contribution in [0.25, 0.3) is 0 Å². The summed E-state index contributed by atoms with van der Waals surface area (Å²) in [5.41, 5.74) is 0.694. The first-order chi connectivity index (χ1) is 12.4. The van der Waals surface area contributed by atoms with E-state index in [1.807, 2.05) is 20.8 Å². The van der Waals surface area contributed by atoms with Crippen LogP contribution in [0.1, 0.15) is 32.8 Å². The van der Waals surface area contributed by atoms with Gasteiger partial charge >= 0.3 is 6.18 Å². The monoisotopic (exact) mass is 406 g/mol. The summed E-state index contributed by atoms with van der Waals surface area (Å²) in [6.45, 7) is 9.49. The summed E-state index contributed by atoms with van der Waals surface area (Å²) in [5.74, 6) is -1.38. The molecule has 1 fully saturated rings. The first-order valence-electron chi connectivity index (χ1n) is 8.88. The number of nitrogens with zero attached hydrogens (tertiary/aromatic N) is 2. The molecule has 0 aromatic heterocycles. The first-order valence-corrected chi connectivity index (χ1v) is 9.87. The molecule has 0 unspecified atom stereocenters. The van der Waals surface area contributed by atoms with Crippen molar-refractivity contribution in [2.24, 2.45) is 5.41 Å². The van der Waals surface area contributed by atoms with Crippen LogP contribution >= 0.6 is 11.8 Å². The van der Waals surface area contributed by atoms with E-state index in [0.717, 1.165) is 0 Å². The Morgan fingerprint density at radius 1 is 1.11 bits per heavy atom. The fourth-order valence-electron chi connectivity index (χ4n) is 2.96. The molecule has 0 aliphatic carbocycles. The van der Waals surface area contributed by atoms with Crippen molar-refractivity contribution in [1.29, 1.82) is 0 Å². The normalized spacial score (nSPS) is 16.0. The summed E-state index contributed by atoms with van der Waals surface area (Å²) >= 11 is 0.670. The quantitative estimate of drug-likeness (QED) is 0.526. The maximum absolute atomic E-state index is 14.4. The second-order valence-corrected chi connectivity index (χ2v) is 9.10. The fourth-order valence-corrected chi connectivity index (χ4v) is 3.76. The highest BCUT2D eigenvalue weighted by atomic mass is 32.2. The molecule has 1 heterocycles. The van der Waals surface area contributed by atoms with E-state index in [4.69, 9.17) is 0 Å². The molecule has 1 aliphatic rings. The molecule has 27 heavy (non-hydrogen) atoms. The second-order valence-electron chi connectivity index (χ2n) is 8.08. The lowest BCUT2D eigenvalue weighted by molar-refractivity contribution is -0.133. The van der Waals surface area contributed by atoms with Crippen molar-refractivity contribution in [3.8, 4) is 0 Å². The molecule has 8 heteroatoms. The minimum atomic E-state index is -4.27. The molecule has 0 bridgehead atoms. The predicted octanol–water partition coefficient (Wildman–Crippen LogP) is 4.87. The number of hydrogen-bond acceptors (Lipinski definition) is 3. The smallest absolute Gasteiger partial charge is 0.366 e. The van der Waals surface area contributed by atoms with Gasteiger partial charge in [-0.05, 0) is 30.0 Å². The van der Waals surface area contributed by atoms with Gasteiger partial charge in [0.1, 0.15) is 5.82 Å². The highest BCUT2D eigenvalue weighted by Crippen LogP contribution is 2.34. The van der Waals surface area contributed by atoms with Crippen LogP contribution in [0, 0.1) is 18.2 Å². The van der Waals surface area contributed by atoms with E-state index in [0.29, 0.717) is 60.5 Å². The number of rotatable bonds is 4. The van der Waals surface area contributed by atoms with E-state index in [1.54, 1.807) is 16.7 Å². The van der Waals surface area contributed by atoms with Crippen LogP contribution in [0.2, 0.25) is 0 Å². The Kier molecular flexibility index (Phi) is 6.71. The molecule has 1 saturated heterocycles. The largest absolute Gasteiger partial charge is 0.398 e. The Labute approximate surface area is 162 Å². The molecule has 0 N–H and O–H groups in total. The van der Waals surface area contributed by atoms with Gasteiger partial charge in [0.25, 0.3) is 0 Å². The van der Waals surface area contributed by atoms with Crippen molar-refractivity contribution in [1.82, 2.24) is 4.90 Å². The van der Waals surface area contributed by atoms with Crippen molar-refractivity contribution < 1.29 is 22.4 Å². The van der Waals surface area contributed by atoms with Gasteiger partial charge in [0, 0.05) is 37.5 Å². The highest BCUT2D eigenvalue weighted by molar-refractivity contribution is 7.99. The number of carbonyl (C=O) groups is 1. The van der Waals surface area contributed by atoms with E-state index >= 15 is 0 Å². The van der Waals surface area contributed by atoms with Crippen LogP contribution in [0.4, 0.5) is 23.2 Å². The minimum Gasteiger partial charge on any atom is -0.366 e. The summed E-state index contributed by atoms with van der Waals surface area (Å²) in [5, 5.41) is 0. The van der Waals surface area contributed by atoms with Crippen LogP contribution in [-0.4, -0.2) is 48.9 Å². The third-order valence-corrected chi connectivity index (χ3v) is 5.51. The first kappa shape index (κ1) is 21.9. The lowest BCUT2D eigenvalue weighted by atomic mass is 9.91. The molecule has 1 amide bonds. The molecule has 3 nitrogen and oxygen atoms in total. The van der Waals surface area contributed by atoms with Gasteiger partial charge in [-0.3, -0.25) is 4.79 Å². The minimum absolute atomic E-state index is 0.0768. The summed E-state index contributed by atoms with van der Waals surface area (Å²) < 4.78 is 51.9. The number of thioether (sulfide) groups is 1. The Balaban J connectivity index is 2.06. The predicted molar refractivity (Wildman–Crippen MR) is 101 cm³/mol. The highest BCUT2D eigenvalue weighted by Gasteiger charge is 2.29. The van der Waals surface area contributed by atoms with Crippen LogP contribution < -0.4 is 4.90 Å². The lowest BCUT2D eigenvalue weighted by Crippen LogP contribution is -2.49. The number of aryl methyl sites for hydroxylation is 1. The van der Waals surface area contributed by atoms with Crippen LogP contribution in [0.15, 0.2) is 17.0 Å². The molecule has 1 aromatic carbocycles. The molecule has 2 rings (SSSR count). The molecular weight excluding hydrogens is 380 g/mol. The zero-order valence-electron chi connectivity index (χ0n) is 16.1. The molecule has 1 aliphatic heterocycles. The summed E-state index contributed by atoms with van der Waals surface area (Å²) in [6, 6.07) is 2.78. The number of anilines is 1. The number of halogens is 4. The van der Waals surface area contributed by atoms with Gasteiger partial charge in [0.05, 0.1) is 11.4 Å². The molecule has 0 saturated carbocycles. The van der Waals surface area contributed by atoms with Crippen molar-refractivity contribution in [2.75, 3.05) is 36.8 Å². The SMILES string of the molecule is Cc1cc(F)c(N2CCN(C(=O)CC(C)(C)C)CC2)cc1SCC(F)(F)F. The lowest BCUT2D eigenvalue weighted by Gasteiger charge is -2.37. The Morgan fingerprint density at radius 2 is 1.70 bits per heavy atom. The Morgan fingerprint density at radius 3 is 2.22 bits per heavy atom. The van der Waals surface area contributed by atoms with E-state index in [1.165, 1.54) is 12.1 Å². The van der Waals surface area contributed by atoms with Gasteiger partial charge in [0.2, 0.25) is 5.91 Å². The Bertz CT molecular complexity index is 678. The average Bonchev–Trinajstić information content (AvgIpc) is 2.52. The summed E-state index contributed by atoms with van der Waals surface area (Å²) in [7, 11) is 0. The van der Waals surface area contributed by atoms with Crippen molar-refractivity contribution >= 4 is 23.4 Å². The van der Waals surface area contributed by atoms with Gasteiger partial charge in [-0.1, -0.05) is 20.8 Å². The standard InChI is InChI=1S/C19H26F4N2OS/c1-13-9-14(20)15(10-16(13)27-12-19(21,22)23)24-5-7-25(8-6-24)17(26)11-18(2,3)4/h9-10H,5-8,11-12H2,1-4H3. The summed E-state index contributed by atoms with van der Waals surface area (Å²) in [4.78, 5) is 16.3. The molecule has 152 valence electrons. The van der Waals surface area contributed by atoms with Crippen molar-refractivity contribution in [2.45, 2.75) is 45.2 Å². The second kappa shape index (κ2) is 8.29. The van der Waals surface area contributed by atoms with Gasteiger partial charge < -0.3 is 9.80 Å². The van der Waals surface area contributed by atoms with Crippen molar-refractivity contribution in [3.05, 3.63) is 23.5 Å². The average molecular weight is 406 g/mol. The van der Waals surface area contributed by atoms with E-state index in [9.17, 15) is 22.4 Å². The van der Waals surface area contributed by atoms with E-state index < -0.39 is 17.7 Å². The molecule has 1 aromatic rings. The number of benzene rings is 1. The van der Waals surface area contributed by atoms with Crippen LogP contribution in [-0.2, 0) is 4.79 Å². The number of piperazine rings is 1. The van der Waals surface area contributed by atoms with Gasteiger partial charge in [-0.25, -0.2) is 4.39 Å². The number of alkyl halides is 3. The number of amides is 1. The fraction of sp³-hybridized carbons (Fsp3) is 0.632.